The summed E-state index contributed by atoms with van der Waals surface area (Å²) in [5.74, 6) is 0.708. The summed E-state index contributed by atoms with van der Waals surface area (Å²) in [5, 5.41) is 8.44. The monoisotopic (exact) mass is 349 g/mol. The second-order valence-corrected chi connectivity index (χ2v) is 5.50. The van der Waals surface area contributed by atoms with Crippen molar-refractivity contribution in [3.05, 3.63) is 60.4 Å². The Balaban J connectivity index is 2.05. The van der Waals surface area contributed by atoms with E-state index in [0.29, 0.717) is 23.8 Å². The molecule has 0 bridgehead atoms. The van der Waals surface area contributed by atoms with E-state index >= 15 is 0 Å². The standard InChI is InChI=1S/C20H19N3O3/c1-3-26-18(24)13-17-21-19(15-9-11-16(25-2)12-10-15)20(23-22-17)14-7-5-4-6-8-14/h4-12H,3,13H2,1-2H3. The Hall–Kier alpha value is -3.28. The third-order valence-electron chi connectivity index (χ3n) is 3.75. The number of aromatic nitrogens is 3. The van der Waals surface area contributed by atoms with E-state index in [2.05, 4.69) is 15.2 Å². The van der Waals surface area contributed by atoms with Crippen LogP contribution in [-0.4, -0.2) is 34.9 Å². The Labute approximate surface area is 151 Å². The highest BCUT2D eigenvalue weighted by Crippen LogP contribution is 2.29. The fraction of sp³-hybridized carbons (Fsp3) is 0.200. The summed E-state index contributed by atoms with van der Waals surface area (Å²) in [5.41, 5.74) is 3.09. The third-order valence-corrected chi connectivity index (χ3v) is 3.75. The van der Waals surface area contributed by atoms with Crippen molar-refractivity contribution in [3.8, 4) is 28.3 Å². The Kier molecular flexibility index (Phi) is 5.53. The number of hydrogen-bond donors (Lipinski definition) is 0. The molecule has 132 valence electrons. The average Bonchev–Trinajstić information content (AvgIpc) is 2.69. The minimum Gasteiger partial charge on any atom is -0.497 e. The molecule has 0 spiro atoms. The second kappa shape index (κ2) is 8.20. The van der Waals surface area contributed by atoms with E-state index < -0.39 is 0 Å². The molecule has 0 aliphatic carbocycles. The van der Waals surface area contributed by atoms with Gasteiger partial charge in [-0.2, -0.15) is 0 Å². The summed E-state index contributed by atoms with van der Waals surface area (Å²) in [7, 11) is 1.62. The van der Waals surface area contributed by atoms with Gasteiger partial charge in [0.05, 0.1) is 13.7 Å². The molecular formula is C20H19N3O3. The molecule has 0 aliphatic heterocycles. The average molecular weight is 349 g/mol. The highest BCUT2D eigenvalue weighted by molar-refractivity contribution is 5.78. The number of carbonyl (C=O) groups excluding carboxylic acids is 1. The number of carbonyl (C=O) groups is 1. The first-order chi connectivity index (χ1) is 12.7. The zero-order valence-corrected chi connectivity index (χ0v) is 14.7. The van der Waals surface area contributed by atoms with Crippen LogP contribution in [0.15, 0.2) is 54.6 Å². The highest BCUT2D eigenvalue weighted by atomic mass is 16.5. The van der Waals surface area contributed by atoms with Gasteiger partial charge in [0.2, 0.25) is 0 Å². The third kappa shape index (κ3) is 4.03. The van der Waals surface area contributed by atoms with Crippen molar-refractivity contribution in [2.75, 3.05) is 13.7 Å². The first-order valence-electron chi connectivity index (χ1n) is 8.30. The Morgan fingerprint density at radius 2 is 1.62 bits per heavy atom. The Bertz CT molecular complexity index is 881. The van der Waals surface area contributed by atoms with Crippen molar-refractivity contribution in [1.29, 1.82) is 0 Å². The first-order valence-corrected chi connectivity index (χ1v) is 8.30. The number of methoxy groups -OCH3 is 1. The molecule has 26 heavy (non-hydrogen) atoms. The summed E-state index contributed by atoms with van der Waals surface area (Å²) >= 11 is 0. The fourth-order valence-electron chi connectivity index (χ4n) is 2.52. The van der Waals surface area contributed by atoms with Crippen LogP contribution in [0.3, 0.4) is 0 Å². The van der Waals surface area contributed by atoms with Crippen LogP contribution in [0, 0.1) is 0 Å². The van der Waals surface area contributed by atoms with Crippen LogP contribution in [-0.2, 0) is 16.0 Å². The van der Waals surface area contributed by atoms with E-state index in [1.165, 1.54) is 0 Å². The summed E-state index contributed by atoms with van der Waals surface area (Å²) < 4.78 is 10.2. The highest BCUT2D eigenvalue weighted by Gasteiger charge is 2.15. The predicted octanol–water partition coefficient (Wildman–Crippen LogP) is 3.32. The molecule has 0 amide bonds. The number of ether oxygens (including phenoxy) is 2. The smallest absolute Gasteiger partial charge is 0.313 e. The van der Waals surface area contributed by atoms with Gasteiger partial charge in [0, 0.05) is 11.1 Å². The minimum absolute atomic E-state index is 0.0148. The van der Waals surface area contributed by atoms with Gasteiger partial charge in [-0.25, -0.2) is 4.98 Å². The van der Waals surface area contributed by atoms with Crippen LogP contribution in [0.4, 0.5) is 0 Å². The van der Waals surface area contributed by atoms with Crippen molar-refractivity contribution in [2.24, 2.45) is 0 Å². The number of rotatable bonds is 6. The summed E-state index contributed by atoms with van der Waals surface area (Å²) in [4.78, 5) is 16.3. The lowest BCUT2D eigenvalue weighted by Crippen LogP contribution is -2.12. The van der Waals surface area contributed by atoms with Crippen molar-refractivity contribution < 1.29 is 14.3 Å². The van der Waals surface area contributed by atoms with Crippen molar-refractivity contribution in [3.63, 3.8) is 0 Å². The van der Waals surface area contributed by atoms with E-state index in [1.54, 1.807) is 14.0 Å². The molecule has 0 N–H and O–H groups in total. The maximum atomic E-state index is 11.8. The fourth-order valence-corrected chi connectivity index (χ4v) is 2.52. The molecule has 0 radical (unpaired) electrons. The lowest BCUT2D eigenvalue weighted by atomic mass is 10.0. The van der Waals surface area contributed by atoms with E-state index in [1.807, 2.05) is 54.6 Å². The van der Waals surface area contributed by atoms with Crippen LogP contribution < -0.4 is 4.74 Å². The van der Waals surface area contributed by atoms with Crippen LogP contribution in [0.2, 0.25) is 0 Å². The van der Waals surface area contributed by atoms with E-state index in [-0.39, 0.29) is 12.4 Å². The zero-order valence-electron chi connectivity index (χ0n) is 14.7. The molecule has 0 saturated heterocycles. The first kappa shape index (κ1) is 17.5. The normalized spacial score (nSPS) is 10.4. The molecule has 3 rings (SSSR count). The largest absolute Gasteiger partial charge is 0.497 e. The predicted molar refractivity (Wildman–Crippen MR) is 97.6 cm³/mol. The van der Waals surface area contributed by atoms with Gasteiger partial charge < -0.3 is 9.47 Å². The molecular weight excluding hydrogens is 330 g/mol. The van der Waals surface area contributed by atoms with Gasteiger partial charge in [0.1, 0.15) is 23.6 Å². The topological polar surface area (TPSA) is 74.2 Å². The zero-order chi connectivity index (χ0) is 18.4. The lowest BCUT2D eigenvalue weighted by Gasteiger charge is -2.10. The van der Waals surface area contributed by atoms with E-state index in [9.17, 15) is 4.79 Å². The Morgan fingerprint density at radius 1 is 0.923 bits per heavy atom. The summed E-state index contributed by atoms with van der Waals surface area (Å²) in [6, 6.07) is 17.2. The van der Waals surface area contributed by atoms with Gasteiger partial charge in [-0.05, 0) is 31.2 Å². The van der Waals surface area contributed by atoms with Crippen molar-refractivity contribution in [2.45, 2.75) is 13.3 Å². The number of hydrogen-bond acceptors (Lipinski definition) is 6. The second-order valence-electron chi connectivity index (χ2n) is 5.50. The molecule has 1 aromatic heterocycles. The van der Waals surface area contributed by atoms with Crippen LogP contribution in [0.1, 0.15) is 12.7 Å². The van der Waals surface area contributed by atoms with E-state index in [4.69, 9.17) is 9.47 Å². The van der Waals surface area contributed by atoms with Crippen molar-refractivity contribution in [1.82, 2.24) is 15.2 Å². The molecule has 3 aromatic rings. The molecule has 0 saturated carbocycles. The maximum Gasteiger partial charge on any atom is 0.313 e. The van der Waals surface area contributed by atoms with E-state index in [0.717, 1.165) is 16.9 Å². The summed E-state index contributed by atoms with van der Waals surface area (Å²) in [6.07, 6.45) is -0.0148. The SMILES string of the molecule is CCOC(=O)Cc1nnc(-c2ccccc2)c(-c2ccc(OC)cc2)n1. The van der Waals surface area contributed by atoms with Crippen LogP contribution in [0.25, 0.3) is 22.5 Å². The molecule has 6 heteroatoms. The van der Waals surface area contributed by atoms with Crippen molar-refractivity contribution >= 4 is 5.97 Å². The van der Waals surface area contributed by atoms with Gasteiger partial charge in [0.25, 0.3) is 0 Å². The molecule has 0 unspecified atom stereocenters. The molecule has 0 aliphatic rings. The quantitative estimate of drug-likeness (QED) is 0.636. The van der Waals surface area contributed by atoms with Crippen LogP contribution >= 0.6 is 0 Å². The molecule has 0 fully saturated rings. The van der Waals surface area contributed by atoms with Gasteiger partial charge in [0.15, 0.2) is 5.82 Å². The van der Waals surface area contributed by atoms with Gasteiger partial charge >= 0.3 is 5.97 Å². The number of nitrogens with zero attached hydrogens (tertiary/aromatic N) is 3. The number of esters is 1. The molecule has 6 nitrogen and oxygen atoms in total. The minimum atomic E-state index is -0.373. The molecule has 2 aromatic carbocycles. The summed E-state index contributed by atoms with van der Waals surface area (Å²) in [6.45, 7) is 2.08. The maximum absolute atomic E-state index is 11.8. The van der Waals surface area contributed by atoms with Crippen LogP contribution in [0.5, 0.6) is 5.75 Å². The van der Waals surface area contributed by atoms with Gasteiger partial charge in [-0.1, -0.05) is 30.3 Å². The number of benzene rings is 2. The molecule has 1 heterocycles. The lowest BCUT2D eigenvalue weighted by molar-refractivity contribution is -0.142. The Morgan fingerprint density at radius 3 is 2.27 bits per heavy atom. The van der Waals surface area contributed by atoms with Gasteiger partial charge in [-0.15, -0.1) is 10.2 Å². The molecule has 0 atom stereocenters. The van der Waals surface area contributed by atoms with Gasteiger partial charge in [-0.3, -0.25) is 4.79 Å².